The lowest BCUT2D eigenvalue weighted by Crippen LogP contribution is -1.95. The maximum Gasteiger partial charge on any atom is 0.335 e. The number of carbonyl (C=O) groups is 1. The molecule has 0 aliphatic heterocycles. The summed E-state index contributed by atoms with van der Waals surface area (Å²) >= 11 is 0. The van der Waals surface area contributed by atoms with E-state index in [0.717, 1.165) is 0 Å². The number of aliphatic carboxylic acids is 1. The van der Waals surface area contributed by atoms with Gasteiger partial charge >= 0.3 is 5.97 Å². The van der Waals surface area contributed by atoms with Crippen LogP contribution in [0, 0.1) is 0 Å². The van der Waals surface area contributed by atoms with Gasteiger partial charge in [0.25, 0.3) is 0 Å². The van der Waals surface area contributed by atoms with E-state index in [-0.39, 0.29) is 5.57 Å². The number of carboxylic acid groups (broad SMARTS) is 1. The third kappa shape index (κ3) is 13.7. The minimum absolute atomic E-state index is 0.157. The Bertz CT molecular complexity index is 167. The van der Waals surface area contributed by atoms with Crippen molar-refractivity contribution in [3.05, 3.63) is 37.0 Å². The van der Waals surface area contributed by atoms with Gasteiger partial charge in [0.2, 0.25) is 0 Å². The summed E-state index contributed by atoms with van der Waals surface area (Å²) in [6.07, 6.45) is 4.06. The summed E-state index contributed by atoms with van der Waals surface area (Å²) in [6, 6.07) is 0. The minimum Gasteiger partial charge on any atom is -0.478 e. The molecule has 2 heteroatoms. The largest absolute Gasteiger partial charge is 0.478 e. The van der Waals surface area contributed by atoms with Crippen LogP contribution in [0.2, 0.25) is 0 Å². The van der Waals surface area contributed by atoms with Gasteiger partial charge in [0.15, 0.2) is 0 Å². The molecule has 0 atom stereocenters. The normalized spacial score (nSPS) is 8.15. The Hall–Kier alpha value is -1.31. The van der Waals surface area contributed by atoms with Crippen LogP contribution in [-0.2, 0) is 4.79 Å². The maximum absolute atomic E-state index is 10.1. The second kappa shape index (κ2) is 17.0. The predicted octanol–water partition coefficient (Wildman–Crippen LogP) is 3.42. The van der Waals surface area contributed by atoms with Crippen LogP contribution in [-0.4, -0.2) is 11.1 Å². The number of hydrogen-bond acceptors (Lipinski definition) is 1. The summed E-state index contributed by atoms with van der Waals surface area (Å²) in [7, 11) is 0. The summed E-state index contributed by atoms with van der Waals surface area (Å²) in [5.41, 5.74) is 0.157. The standard InChI is InChI=1S/C7H8O2.2C2H6/c1-3-5-6(4-2)7(8)9;2*1-2/h3-5H,1-2H2,(H,8,9);2*1-2H3/b6-5+;;. The van der Waals surface area contributed by atoms with E-state index in [9.17, 15) is 4.79 Å². The molecule has 0 heterocycles. The molecule has 0 spiro atoms. The van der Waals surface area contributed by atoms with Crippen LogP contribution in [0.25, 0.3) is 0 Å². The van der Waals surface area contributed by atoms with Gasteiger partial charge in [0.1, 0.15) is 0 Å². The molecule has 0 amide bonds. The van der Waals surface area contributed by atoms with Crippen molar-refractivity contribution in [2.75, 3.05) is 0 Å². The minimum atomic E-state index is -0.982. The lowest BCUT2D eigenvalue weighted by molar-refractivity contribution is -0.132. The average Bonchev–Trinajstić information content (AvgIpc) is 2.20. The van der Waals surface area contributed by atoms with Gasteiger partial charge in [0, 0.05) is 0 Å². The first-order valence-electron chi connectivity index (χ1n) is 4.40. The van der Waals surface area contributed by atoms with Crippen LogP contribution in [0.1, 0.15) is 27.7 Å². The molecule has 13 heavy (non-hydrogen) atoms. The molecule has 0 aliphatic carbocycles. The molecule has 0 fully saturated rings. The van der Waals surface area contributed by atoms with Crippen molar-refractivity contribution < 1.29 is 9.90 Å². The quantitative estimate of drug-likeness (QED) is 0.539. The van der Waals surface area contributed by atoms with E-state index in [1.165, 1.54) is 18.2 Å². The zero-order valence-corrected chi connectivity index (χ0v) is 9.00. The molecule has 0 radical (unpaired) electrons. The van der Waals surface area contributed by atoms with Gasteiger partial charge in [-0.3, -0.25) is 0 Å². The second-order valence-electron chi connectivity index (χ2n) is 1.37. The Labute approximate surface area is 81.3 Å². The topological polar surface area (TPSA) is 37.3 Å². The van der Waals surface area contributed by atoms with Crippen molar-refractivity contribution in [1.82, 2.24) is 0 Å². The molecule has 0 aromatic carbocycles. The van der Waals surface area contributed by atoms with E-state index in [2.05, 4.69) is 13.2 Å². The summed E-state index contributed by atoms with van der Waals surface area (Å²) in [5.74, 6) is -0.982. The van der Waals surface area contributed by atoms with E-state index in [0.29, 0.717) is 0 Å². The average molecular weight is 184 g/mol. The van der Waals surface area contributed by atoms with E-state index in [4.69, 9.17) is 5.11 Å². The van der Waals surface area contributed by atoms with Crippen LogP contribution in [0.3, 0.4) is 0 Å². The Morgan fingerprint density at radius 3 is 1.62 bits per heavy atom. The lowest BCUT2D eigenvalue weighted by Gasteiger charge is -1.87. The second-order valence-corrected chi connectivity index (χ2v) is 1.37. The highest BCUT2D eigenvalue weighted by atomic mass is 16.4. The highest BCUT2D eigenvalue weighted by Crippen LogP contribution is 1.94. The van der Waals surface area contributed by atoms with Crippen LogP contribution >= 0.6 is 0 Å². The van der Waals surface area contributed by atoms with Crippen LogP contribution < -0.4 is 0 Å². The molecule has 0 saturated carbocycles. The fourth-order valence-electron chi connectivity index (χ4n) is 0.354. The molecule has 0 bridgehead atoms. The van der Waals surface area contributed by atoms with Crippen molar-refractivity contribution >= 4 is 5.97 Å². The molecular formula is C11H20O2. The molecular weight excluding hydrogens is 164 g/mol. The van der Waals surface area contributed by atoms with Gasteiger partial charge in [-0.05, 0) is 6.08 Å². The first kappa shape index (κ1) is 17.7. The van der Waals surface area contributed by atoms with Gasteiger partial charge in [0.05, 0.1) is 5.57 Å². The molecule has 0 aliphatic rings. The highest BCUT2D eigenvalue weighted by molar-refractivity contribution is 5.89. The van der Waals surface area contributed by atoms with Gasteiger partial charge < -0.3 is 5.11 Å². The van der Waals surface area contributed by atoms with Crippen molar-refractivity contribution in [3.8, 4) is 0 Å². The lowest BCUT2D eigenvalue weighted by atomic mass is 10.2. The van der Waals surface area contributed by atoms with Gasteiger partial charge in [-0.1, -0.05) is 53.0 Å². The molecule has 0 rings (SSSR count). The van der Waals surface area contributed by atoms with E-state index in [1.807, 2.05) is 27.7 Å². The third-order valence-corrected chi connectivity index (χ3v) is 0.764. The van der Waals surface area contributed by atoms with Gasteiger partial charge in [-0.2, -0.15) is 0 Å². The highest BCUT2D eigenvalue weighted by Gasteiger charge is 1.97. The van der Waals surface area contributed by atoms with E-state index in [1.54, 1.807) is 0 Å². The van der Waals surface area contributed by atoms with Crippen molar-refractivity contribution in [1.29, 1.82) is 0 Å². The fraction of sp³-hybridized carbons (Fsp3) is 0.364. The van der Waals surface area contributed by atoms with Crippen LogP contribution in [0.4, 0.5) is 0 Å². The summed E-state index contributed by atoms with van der Waals surface area (Å²) in [5, 5.41) is 8.32. The maximum atomic E-state index is 10.1. The third-order valence-electron chi connectivity index (χ3n) is 0.764. The summed E-state index contributed by atoms with van der Waals surface area (Å²) in [6.45, 7) is 14.6. The number of allylic oxidation sites excluding steroid dienone is 2. The first-order chi connectivity index (χ1) is 6.22. The molecule has 1 N–H and O–H groups in total. The number of hydrogen-bond donors (Lipinski definition) is 1. The van der Waals surface area contributed by atoms with Crippen LogP contribution in [0.5, 0.6) is 0 Å². The Morgan fingerprint density at radius 1 is 1.15 bits per heavy atom. The molecule has 0 aromatic rings. The smallest absolute Gasteiger partial charge is 0.335 e. The molecule has 76 valence electrons. The van der Waals surface area contributed by atoms with Crippen molar-refractivity contribution in [2.24, 2.45) is 0 Å². The van der Waals surface area contributed by atoms with Crippen molar-refractivity contribution in [2.45, 2.75) is 27.7 Å². The van der Waals surface area contributed by atoms with Crippen molar-refractivity contribution in [3.63, 3.8) is 0 Å². The monoisotopic (exact) mass is 184 g/mol. The molecule has 0 unspecified atom stereocenters. The fourth-order valence-corrected chi connectivity index (χ4v) is 0.354. The Morgan fingerprint density at radius 2 is 1.54 bits per heavy atom. The van der Waals surface area contributed by atoms with E-state index < -0.39 is 5.97 Å². The summed E-state index contributed by atoms with van der Waals surface area (Å²) in [4.78, 5) is 10.1. The van der Waals surface area contributed by atoms with Crippen LogP contribution in [0.15, 0.2) is 37.0 Å². The Balaban J connectivity index is -0.000000218. The number of rotatable bonds is 3. The summed E-state index contributed by atoms with van der Waals surface area (Å²) < 4.78 is 0. The Kier molecular flexibility index (Phi) is 23.1. The molecule has 0 aromatic heterocycles. The first-order valence-corrected chi connectivity index (χ1v) is 4.40. The zero-order chi connectivity index (χ0) is 11.3. The zero-order valence-electron chi connectivity index (χ0n) is 9.00. The molecule has 0 saturated heterocycles. The van der Waals surface area contributed by atoms with E-state index >= 15 is 0 Å². The van der Waals surface area contributed by atoms with Gasteiger partial charge in [-0.15, -0.1) is 0 Å². The van der Waals surface area contributed by atoms with Gasteiger partial charge in [-0.25, -0.2) is 4.79 Å². The molecule has 2 nitrogen and oxygen atoms in total. The number of carboxylic acids is 1. The predicted molar refractivity (Wildman–Crippen MR) is 58.8 cm³/mol. The SMILES string of the molecule is C=C/C=C(\C=C)C(=O)O.CC.CC.